The molecule has 3 saturated heterocycles. The average molecular weight is 228 g/mol. The van der Waals surface area contributed by atoms with Crippen LogP contribution in [-0.4, -0.2) is 57.1 Å². The minimum atomic E-state index is -0.160. The smallest absolute Gasteiger partial charge is 0.187 e. The highest BCUT2D eigenvalue weighted by molar-refractivity contribution is 5.04. The molecule has 0 saturated carbocycles. The summed E-state index contributed by atoms with van der Waals surface area (Å²) in [5.74, 6) is 0. The van der Waals surface area contributed by atoms with Crippen molar-refractivity contribution in [3.8, 4) is 0 Å². The summed E-state index contributed by atoms with van der Waals surface area (Å²) in [6, 6.07) is 0. The second-order valence-corrected chi connectivity index (χ2v) is 4.14. The van der Waals surface area contributed by atoms with Gasteiger partial charge >= 0.3 is 0 Å². The minimum absolute atomic E-state index is 0.00363. The summed E-state index contributed by atoms with van der Waals surface area (Å²) in [4.78, 5) is 0. The van der Waals surface area contributed by atoms with Crippen molar-refractivity contribution in [1.29, 1.82) is 0 Å². The molecule has 0 aromatic rings. The highest BCUT2D eigenvalue weighted by atomic mass is 16.8. The summed E-state index contributed by atoms with van der Waals surface area (Å²) in [6.45, 7) is 5.86. The SMILES string of the molecule is C=CCOCCO[C@H]1[C@@H]2O[C@@H]2[C@@H]2OC[C@H]1O2. The van der Waals surface area contributed by atoms with Gasteiger partial charge in [0.25, 0.3) is 0 Å². The minimum Gasteiger partial charge on any atom is -0.375 e. The van der Waals surface area contributed by atoms with Crippen LogP contribution in [0.1, 0.15) is 0 Å². The fourth-order valence-corrected chi connectivity index (χ4v) is 2.23. The largest absolute Gasteiger partial charge is 0.375 e. The van der Waals surface area contributed by atoms with E-state index in [0.29, 0.717) is 26.4 Å². The molecule has 0 aromatic carbocycles. The first kappa shape index (κ1) is 10.7. The maximum absolute atomic E-state index is 5.72. The lowest BCUT2D eigenvalue weighted by Gasteiger charge is -2.24. The Kier molecular flexibility index (Phi) is 2.95. The highest BCUT2D eigenvalue weighted by Crippen LogP contribution is 2.42. The second-order valence-electron chi connectivity index (χ2n) is 4.14. The van der Waals surface area contributed by atoms with E-state index in [9.17, 15) is 0 Å². The topological polar surface area (TPSA) is 49.5 Å². The van der Waals surface area contributed by atoms with Gasteiger partial charge in [0.05, 0.1) is 26.4 Å². The molecule has 3 heterocycles. The Morgan fingerprint density at radius 2 is 2.19 bits per heavy atom. The van der Waals surface area contributed by atoms with Gasteiger partial charge in [0.15, 0.2) is 6.29 Å². The van der Waals surface area contributed by atoms with E-state index < -0.39 is 0 Å². The molecule has 0 N–H and O–H groups in total. The molecule has 3 aliphatic heterocycles. The zero-order valence-electron chi connectivity index (χ0n) is 9.04. The molecule has 0 unspecified atom stereocenters. The van der Waals surface area contributed by atoms with Crippen molar-refractivity contribution in [3.05, 3.63) is 12.7 Å². The third-order valence-electron chi connectivity index (χ3n) is 3.03. The van der Waals surface area contributed by atoms with Gasteiger partial charge < -0.3 is 23.7 Å². The van der Waals surface area contributed by atoms with Crippen LogP contribution >= 0.6 is 0 Å². The van der Waals surface area contributed by atoms with Crippen molar-refractivity contribution >= 4 is 0 Å². The van der Waals surface area contributed by atoms with Gasteiger partial charge in [-0.15, -0.1) is 6.58 Å². The second kappa shape index (κ2) is 4.43. The van der Waals surface area contributed by atoms with E-state index in [1.807, 2.05) is 0 Å². The maximum Gasteiger partial charge on any atom is 0.187 e. The van der Waals surface area contributed by atoms with Crippen molar-refractivity contribution in [3.63, 3.8) is 0 Å². The third kappa shape index (κ3) is 1.89. The van der Waals surface area contributed by atoms with Crippen LogP contribution in [0.4, 0.5) is 0 Å². The monoisotopic (exact) mass is 228 g/mol. The number of rotatable bonds is 6. The standard InChI is InChI=1S/C11H16O5/c1-2-3-12-4-5-13-8-7-6-14-11(15-7)10-9(8)16-10/h2,7-11H,1,3-6H2/t7-,8-,9+,10+,11-/m1/s1. The van der Waals surface area contributed by atoms with Crippen LogP contribution in [0.15, 0.2) is 12.7 Å². The Hall–Kier alpha value is -0.460. The normalized spacial score (nSPS) is 44.1. The van der Waals surface area contributed by atoms with E-state index in [1.54, 1.807) is 6.08 Å². The molecule has 5 atom stereocenters. The summed E-state index contributed by atoms with van der Waals surface area (Å²) >= 11 is 0. The number of hydrogen-bond acceptors (Lipinski definition) is 5. The van der Waals surface area contributed by atoms with Crippen molar-refractivity contribution in [2.24, 2.45) is 0 Å². The molecule has 5 heteroatoms. The van der Waals surface area contributed by atoms with Crippen molar-refractivity contribution in [1.82, 2.24) is 0 Å². The fraction of sp³-hybridized carbons (Fsp3) is 0.818. The zero-order chi connectivity index (χ0) is 11.0. The van der Waals surface area contributed by atoms with Gasteiger partial charge in [-0.25, -0.2) is 0 Å². The van der Waals surface area contributed by atoms with E-state index in [0.717, 1.165) is 0 Å². The van der Waals surface area contributed by atoms with Gasteiger partial charge in [-0.2, -0.15) is 0 Å². The molecule has 16 heavy (non-hydrogen) atoms. The number of hydrogen-bond donors (Lipinski definition) is 0. The highest BCUT2D eigenvalue weighted by Gasteiger charge is 2.62. The van der Waals surface area contributed by atoms with E-state index >= 15 is 0 Å². The molecule has 0 aromatic heterocycles. The van der Waals surface area contributed by atoms with Gasteiger partial charge in [-0.05, 0) is 0 Å². The molecular formula is C11H16O5. The van der Waals surface area contributed by atoms with Gasteiger partial charge in [0.2, 0.25) is 0 Å². The number of ether oxygens (including phenoxy) is 5. The average Bonchev–Trinajstić information content (AvgIpc) is 2.97. The first-order valence-electron chi connectivity index (χ1n) is 5.63. The van der Waals surface area contributed by atoms with Crippen LogP contribution in [0.3, 0.4) is 0 Å². The fourth-order valence-electron chi connectivity index (χ4n) is 2.23. The van der Waals surface area contributed by atoms with Gasteiger partial charge in [-0.1, -0.05) is 6.08 Å². The van der Waals surface area contributed by atoms with Crippen LogP contribution in [0, 0.1) is 0 Å². The van der Waals surface area contributed by atoms with E-state index in [4.69, 9.17) is 23.7 Å². The number of fused-ring (bicyclic) bond motifs is 4. The predicted molar refractivity (Wildman–Crippen MR) is 54.0 cm³/mol. The van der Waals surface area contributed by atoms with Crippen molar-refractivity contribution in [2.75, 3.05) is 26.4 Å². The lowest BCUT2D eigenvalue weighted by Crippen LogP contribution is -2.42. The summed E-state index contributed by atoms with van der Waals surface area (Å²) in [5.41, 5.74) is 0. The molecule has 0 spiro atoms. The molecule has 2 bridgehead atoms. The van der Waals surface area contributed by atoms with E-state index in [1.165, 1.54) is 0 Å². The maximum atomic E-state index is 5.72. The van der Waals surface area contributed by atoms with Crippen LogP contribution in [-0.2, 0) is 23.7 Å². The summed E-state index contributed by atoms with van der Waals surface area (Å²) in [6.07, 6.45) is 1.82. The molecule has 0 amide bonds. The van der Waals surface area contributed by atoms with Crippen LogP contribution in [0.5, 0.6) is 0 Å². The Balaban J connectivity index is 1.43. The van der Waals surface area contributed by atoms with E-state index in [-0.39, 0.29) is 30.7 Å². The molecule has 3 aliphatic rings. The quantitative estimate of drug-likeness (QED) is 0.366. The van der Waals surface area contributed by atoms with Crippen LogP contribution in [0.25, 0.3) is 0 Å². The van der Waals surface area contributed by atoms with Crippen molar-refractivity contribution in [2.45, 2.75) is 30.7 Å². The molecule has 0 radical (unpaired) electrons. The number of epoxide rings is 1. The van der Waals surface area contributed by atoms with Gasteiger partial charge in [0, 0.05) is 0 Å². The molecule has 5 nitrogen and oxygen atoms in total. The third-order valence-corrected chi connectivity index (χ3v) is 3.03. The Labute approximate surface area is 94.2 Å². The van der Waals surface area contributed by atoms with Crippen LogP contribution in [0.2, 0.25) is 0 Å². The lowest BCUT2D eigenvalue weighted by molar-refractivity contribution is -0.122. The Morgan fingerprint density at radius 3 is 3.06 bits per heavy atom. The Morgan fingerprint density at radius 1 is 1.25 bits per heavy atom. The van der Waals surface area contributed by atoms with E-state index in [2.05, 4.69) is 6.58 Å². The first-order valence-corrected chi connectivity index (χ1v) is 5.63. The van der Waals surface area contributed by atoms with Gasteiger partial charge in [0.1, 0.15) is 24.4 Å². The molecule has 90 valence electrons. The lowest BCUT2D eigenvalue weighted by atomic mass is 10.1. The van der Waals surface area contributed by atoms with Crippen LogP contribution < -0.4 is 0 Å². The van der Waals surface area contributed by atoms with Gasteiger partial charge in [-0.3, -0.25) is 0 Å². The predicted octanol–water partition coefficient (Wildman–Crippen LogP) is 0.0967. The molecule has 3 fully saturated rings. The first-order chi connectivity index (χ1) is 7.90. The summed E-state index contributed by atoms with van der Waals surface area (Å²) in [7, 11) is 0. The summed E-state index contributed by atoms with van der Waals surface area (Å²) < 4.78 is 27.5. The molecular weight excluding hydrogens is 212 g/mol. The summed E-state index contributed by atoms with van der Waals surface area (Å²) in [5, 5.41) is 0. The zero-order valence-corrected chi connectivity index (χ0v) is 9.04. The molecule has 0 aliphatic carbocycles. The van der Waals surface area contributed by atoms with Crippen molar-refractivity contribution < 1.29 is 23.7 Å². The Bertz CT molecular complexity index is 269. The molecule has 3 rings (SSSR count).